The van der Waals surface area contributed by atoms with Gasteiger partial charge in [0.05, 0.1) is 0 Å². The average Bonchev–Trinajstić information content (AvgIpc) is 2.65. The Balaban J connectivity index is 1.33. The van der Waals surface area contributed by atoms with Crippen LogP contribution in [0.5, 0.6) is 5.75 Å². The minimum atomic E-state index is -0.342. The summed E-state index contributed by atoms with van der Waals surface area (Å²) in [5.74, 6) is 0.505. The van der Waals surface area contributed by atoms with Gasteiger partial charge in [-0.1, -0.05) is 23.8 Å². The molecule has 1 saturated heterocycles. The molecule has 3 N–H and O–H groups in total. The third-order valence-electron chi connectivity index (χ3n) is 4.93. The maximum atomic E-state index is 13.2. The van der Waals surface area contributed by atoms with Gasteiger partial charge in [-0.2, -0.15) is 0 Å². The predicted octanol–water partition coefficient (Wildman–Crippen LogP) is -0.0650. The molecule has 2 aromatic rings. The first kappa shape index (κ1) is 19.3. The molecule has 0 bridgehead atoms. The number of hydrogen-bond donors (Lipinski definition) is 3. The van der Waals surface area contributed by atoms with Crippen LogP contribution in [-0.2, 0) is 4.79 Å². The second-order valence-corrected chi connectivity index (χ2v) is 7.15. The highest BCUT2D eigenvalue weighted by molar-refractivity contribution is 5.91. The molecule has 2 aromatic carbocycles. The monoisotopic (exact) mass is 373 g/mol. The molecule has 27 heavy (non-hydrogen) atoms. The summed E-state index contributed by atoms with van der Waals surface area (Å²) in [5, 5.41) is 2.77. The Kier molecular flexibility index (Phi) is 6.79. The van der Waals surface area contributed by atoms with E-state index in [1.54, 1.807) is 12.1 Å². The molecule has 5 nitrogen and oxygen atoms in total. The van der Waals surface area contributed by atoms with Gasteiger partial charge in [0, 0.05) is 5.69 Å². The van der Waals surface area contributed by atoms with Crippen LogP contribution in [0.3, 0.4) is 0 Å². The molecule has 144 valence electrons. The lowest BCUT2D eigenvalue weighted by Crippen LogP contribution is -3.28. The van der Waals surface area contributed by atoms with Crippen molar-refractivity contribution in [2.45, 2.75) is 6.92 Å². The van der Waals surface area contributed by atoms with Gasteiger partial charge in [-0.15, -0.1) is 0 Å². The van der Waals surface area contributed by atoms with E-state index in [9.17, 15) is 9.18 Å². The van der Waals surface area contributed by atoms with E-state index in [0.29, 0.717) is 18.8 Å². The zero-order valence-electron chi connectivity index (χ0n) is 15.8. The number of halogens is 1. The molecule has 6 heteroatoms. The van der Waals surface area contributed by atoms with Crippen molar-refractivity contribution in [2.24, 2.45) is 0 Å². The number of hydrogen-bond acceptors (Lipinski definition) is 2. The van der Waals surface area contributed by atoms with Crippen LogP contribution in [0.2, 0.25) is 0 Å². The van der Waals surface area contributed by atoms with Gasteiger partial charge >= 0.3 is 0 Å². The third-order valence-corrected chi connectivity index (χ3v) is 4.93. The Morgan fingerprint density at radius 2 is 1.78 bits per heavy atom. The normalized spacial score (nSPS) is 19.5. The van der Waals surface area contributed by atoms with Crippen LogP contribution in [0.25, 0.3) is 0 Å². The van der Waals surface area contributed by atoms with Crippen LogP contribution >= 0.6 is 0 Å². The predicted molar refractivity (Wildman–Crippen MR) is 103 cm³/mol. The first-order chi connectivity index (χ1) is 13.1. The number of carbonyl (C=O) groups is 1. The van der Waals surface area contributed by atoms with Crippen LogP contribution in [0.4, 0.5) is 10.1 Å². The number of benzene rings is 2. The highest BCUT2D eigenvalue weighted by Gasteiger charge is 2.24. The third kappa shape index (κ3) is 6.34. The second kappa shape index (κ2) is 9.48. The number of rotatable bonds is 7. The van der Waals surface area contributed by atoms with E-state index in [1.165, 1.54) is 27.5 Å². The summed E-state index contributed by atoms with van der Waals surface area (Å²) < 4.78 is 19.0. The number of piperazine rings is 1. The summed E-state index contributed by atoms with van der Waals surface area (Å²) in [6, 6.07) is 14.1. The fourth-order valence-corrected chi connectivity index (χ4v) is 3.33. The second-order valence-electron chi connectivity index (χ2n) is 7.15. The summed E-state index contributed by atoms with van der Waals surface area (Å²) in [4.78, 5) is 14.9. The molecule has 0 unspecified atom stereocenters. The molecule has 1 aliphatic rings. The lowest BCUT2D eigenvalue weighted by molar-refractivity contribution is -1.01. The molecule has 0 aliphatic carbocycles. The van der Waals surface area contributed by atoms with Gasteiger partial charge in [0.1, 0.15) is 50.9 Å². The van der Waals surface area contributed by atoms with E-state index in [0.717, 1.165) is 38.5 Å². The molecule has 0 spiro atoms. The van der Waals surface area contributed by atoms with E-state index in [1.807, 2.05) is 12.1 Å². The summed E-state index contributed by atoms with van der Waals surface area (Å²) >= 11 is 0. The largest absolute Gasteiger partial charge is 0.488 e. The standard InChI is InChI=1S/C21H26FN3O2/c1-17-5-7-20(8-6-17)27-14-13-24-9-11-25(12-10-24)16-21(26)23-19-4-2-3-18(22)15-19/h2-8,15H,9-14,16H2,1H3,(H,23,26)/p+2. The van der Waals surface area contributed by atoms with Gasteiger partial charge in [0.2, 0.25) is 0 Å². The summed E-state index contributed by atoms with van der Waals surface area (Å²) in [5.41, 5.74) is 1.74. The van der Waals surface area contributed by atoms with Crippen LogP contribution in [0, 0.1) is 12.7 Å². The summed E-state index contributed by atoms with van der Waals surface area (Å²) in [6.07, 6.45) is 0. The Morgan fingerprint density at radius 1 is 1.07 bits per heavy atom. The van der Waals surface area contributed by atoms with E-state index in [4.69, 9.17) is 4.74 Å². The Hall–Kier alpha value is -2.44. The van der Waals surface area contributed by atoms with E-state index >= 15 is 0 Å². The minimum absolute atomic E-state index is 0.0678. The van der Waals surface area contributed by atoms with E-state index in [-0.39, 0.29) is 11.7 Å². The van der Waals surface area contributed by atoms with Crippen molar-refractivity contribution in [2.75, 3.05) is 51.2 Å². The molecule has 0 saturated carbocycles. The fourth-order valence-electron chi connectivity index (χ4n) is 3.33. The van der Waals surface area contributed by atoms with E-state index < -0.39 is 0 Å². The molecule has 0 radical (unpaired) electrons. The van der Waals surface area contributed by atoms with Crippen molar-refractivity contribution in [1.82, 2.24) is 0 Å². The van der Waals surface area contributed by atoms with Crippen LogP contribution in [0.1, 0.15) is 5.56 Å². The van der Waals surface area contributed by atoms with Gasteiger partial charge in [-0.25, -0.2) is 4.39 Å². The number of quaternary nitrogens is 2. The van der Waals surface area contributed by atoms with Gasteiger partial charge < -0.3 is 19.9 Å². The van der Waals surface area contributed by atoms with Gasteiger partial charge in [0.25, 0.3) is 5.91 Å². The van der Waals surface area contributed by atoms with Crippen molar-refractivity contribution in [3.8, 4) is 5.75 Å². The number of aryl methyl sites for hydroxylation is 1. The zero-order valence-corrected chi connectivity index (χ0v) is 15.8. The van der Waals surface area contributed by atoms with Crippen LogP contribution in [0.15, 0.2) is 48.5 Å². The number of anilines is 1. The molecule has 0 atom stereocenters. The number of carbonyl (C=O) groups excluding carboxylic acids is 1. The first-order valence-electron chi connectivity index (χ1n) is 9.50. The lowest BCUT2D eigenvalue weighted by atomic mass is 10.2. The molecule has 1 fully saturated rings. The van der Waals surface area contributed by atoms with Crippen molar-refractivity contribution < 1.29 is 23.7 Å². The van der Waals surface area contributed by atoms with Crippen molar-refractivity contribution in [1.29, 1.82) is 0 Å². The highest BCUT2D eigenvalue weighted by atomic mass is 19.1. The van der Waals surface area contributed by atoms with Crippen molar-refractivity contribution >= 4 is 11.6 Å². The maximum Gasteiger partial charge on any atom is 0.279 e. The van der Waals surface area contributed by atoms with Crippen molar-refractivity contribution in [3.05, 3.63) is 59.9 Å². The average molecular weight is 373 g/mol. The quantitative estimate of drug-likeness (QED) is 0.637. The SMILES string of the molecule is Cc1ccc(OCC[NH+]2CC[NH+](CC(=O)Nc3cccc(F)c3)CC2)cc1. The molecular formula is C21H28FN3O2+2. The Bertz CT molecular complexity index is 743. The van der Waals surface area contributed by atoms with Gasteiger partial charge in [-0.3, -0.25) is 4.79 Å². The molecular weight excluding hydrogens is 345 g/mol. The summed E-state index contributed by atoms with van der Waals surface area (Å²) in [7, 11) is 0. The smallest absolute Gasteiger partial charge is 0.279 e. The first-order valence-corrected chi connectivity index (χ1v) is 9.50. The van der Waals surface area contributed by atoms with Crippen molar-refractivity contribution in [3.63, 3.8) is 0 Å². The highest BCUT2D eigenvalue weighted by Crippen LogP contribution is 2.10. The van der Waals surface area contributed by atoms with Gasteiger partial charge in [-0.05, 0) is 37.3 Å². The lowest BCUT2D eigenvalue weighted by Gasteiger charge is -2.29. The summed E-state index contributed by atoms with van der Waals surface area (Å²) in [6.45, 7) is 8.12. The minimum Gasteiger partial charge on any atom is -0.488 e. The molecule has 1 amide bonds. The number of amides is 1. The van der Waals surface area contributed by atoms with Crippen LogP contribution in [-0.4, -0.2) is 51.8 Å². The van der Waals surface area contributed by atoms with E-state index in [2.05, 4.69) is 24.4 Å². The number of nitrogens with one attached hydrogen (secondary N) is 3. The molecule has 1 aliphatic heterocycles. The maximum absolute atomic E-state index is 13.2. The number of ether oxygens (including phenoxy) is 1. The zero-order chi connectivity index (χ0) is 19.1. The fraction of sp³-hybridized carbons (Fsp3) is 0.381. The molecule has 3 rings (SSSR count). The Morgan fingerprint density at radius 3 is 2.48 bits per heavy atom. The molecule has 0 aromatic heterocycles. The van der Waals surface area contributed by atoms with Crippen LogP contribution < -0.4 is 19.9 Å². The molecule has 1 heterocycles. The Labute approximate surface area is 159 Å². The van der Waals surface area contributed by atoms with Gasteiger partial charge in [0.15, 0.2) is 6.54 Å². The topological polar surface area (TPSA) is 47.2 Å².